The molecule has 2 aliphatic rings. The number of aromatic nitrogens is 1. The molecule has 3 heterocycles. The molecule has 0 aromatic carbocycles. The molecular formula is C17H23N3O4S. The van der Waals surface area contributed by atoms with Gasteiger partial charge in [-0.25, -0.2) is 8.42 Å². The Morgan fingerprint density at radius 2 is 1.84 bits per heavy atom. The van der Waals surface area contributed by atoms with Gasteiger partial charge in [-0.15, -0.1) is 0 Å². The van der Waals surface area contributed by atoms with Crippen molar-refractivity contribution in [3.63, 3.8) is 0 Å². The van der Waals surface area contributed by atoms with Gasteiger partial charge in [-0.2, -0.15) is 0 Å². The molecule has 3 rings (SSSR count). The molecule has 2 aliphatic heterocycles. The summed E-state index contributed by atoms with van der Waals surface area (Å²) in [6.07, 6.45) is 3.47. The third-order valence-electron chi connectivity index (χ3n) is 4.85. The van der Waals surface area contributed by atoms with Crippen LogP contribution in [0.5, 0.6) is 0 Å². The molecule has 0 saturated carbocycles. The molecule has 8 heteroatoms. The van der Waals surface area contributed by atoms with Gasteiger partial charge in [-0.05, 0) is 11.6 Å². The monoisotopic (exact) mass is 365 g/mol. The molecule has 0 radical (unpaired) electrons. The van der Waals surface area contributed by atoms with Gasteiger partial charge in [0.25, 0.3) is 0 Å². The molecule has 2 amide bonds. The molecule has 25 heavy (non-hydrogen) atoms. The molecule has 0 N–H and O–H groups in total. The van der Waals surface area contributed by atoms with E-state index < -0.39 is 21.9 Å². The number of sulfone groups is 1. The highest BCUT2D eigenvalue weighted by atomic mass is 32.2. The normalized spacial score (nSPS) is 25.1. The molecule has 1 aromatic rings. The van der Waals surface area contributed by atoms with Gasteiger partial charge in [0.1, 0.15) is 0 Å². The SMILES string of the molecule is CC(C)C(=O)N1CCN(C(=O)Cc2cccnc2)[C@@H]2CS(=O)(=O)C[C@@H]21. The number of amides is 2. The van der Waals surface area contributed by atoms with E-state index in [0.717, 1.165) is 5.56 Å². The van der Waals surface area contributed by atoms with Crippen molar-refractivity contribution in [3.8, 4) is 0 Å². The number of hydrogen-bond acceptors (Lipinski definition) is 5. The summed E-state index contributed by atoms with van der Waals surface area (Å²) in [6.45, 7) is 4.36. The van der Waals surface area contributed by atoms with E-state index in [4.69, 9.17) is 0 Å². The predicted octanol–water partition coefficient (Wildman–Crippen LogP) is 0.117. The van der Waals surface area contributed by atoms with E-state index in [1.807, 2.05) is 6.07 Å². The Bertz CT molecular complexity index is 763. The highest BCUT2D eigenvalue weighted by molar-refractivity contribution is 7.91. The molecule has 1 aromatic heterocycles. The fourth-order valence-corrected chi connectivity index (χ4v) is 5.63. The maximum Gasteiger partial charge on any atom is 0.227 e. The van der Waals surface area contributed by atoms with E-state index in [2.05, 4.69) is 4.98 Å². The van der Waals surface area contributed by atoms with Crippen molar-refractivity contribution >= 4 is 21.7 Å². The van der Waals surface area contributed by atoms with E-state index in [1.54, 1.807) is 42.1 Å². The summed E-state index contributed by atoms with van der Waals surface area (Å²) in [6, 6.07) is 2.70. The molecule has 2 saturated heterocycles. The summed E-state index contributed by atoms with van der Waals surface area (Å²) >= 11 is 0. The number of piperazine rings is 1. The number of carbonyl (C=O) groups is 2. The highest BCUT2D eigenvalue weighted by Crippen LogP contribution is 2.28. The second-order valence-electron chi connectivity index (χ2n) is 7.02. The maximum atomic E-state index is 12.7. The molecule has 136 valence electrons. The lowest BCUT2D eigenvalue weighted by atomic mass is 10.0. The van der Waals surface area contributed by atoms with Crippen LogP contribution >= 0.6 is 0 Å². The first-order chi connectivity index (χ1) is 11.8. The van der Waals surface area contributed by atoms with Crippen LogP contribution in [0.15, 0.2) is 24.5 Å². The summed E-state index contributed by atoms with van der Waals surface area (Å²) in [5, 5.41) is 0. The molecule has 0 spiro atoms. The minimum absolute atomic E-state index is 0.0496. The Kier molecular flexibility index (Phi) is 4.81. The average molecular weight is 365 g/mol. The van der Waals surface area contributed by atoms with E-state index in [-0.39, 0.29) is 35.7 Å². The van der Waals surface area contributed by atoms with E-state index in [1.165, 1.54) is 0 Å². The number of fused-ring (bicyclic) bond motifs is 1. The van der Waals surface area contributed by atoms with Crippen molar-refractivity contribution in [2.75, 3.05) is 24.6 Å². The molecule has 7 nitrogen and oxygen atoms in total. The second-order valence-corrected chi connectivity index (χ2v) is 9.18. The first-order valence-corrected chi connectivity index (χ1v) is 10.3. The smallest absolute Gasteiger partial charge is 0.227 e. The van der Waals surface area contributed by atoms with E-state index >= 15 is 0 Å². The average Bonchev–Trinajstić information content (AvgIpc) is 2.88. The standard InChI is InChI=1S/C17H23N3O4S/c1-12(2)17(22)20-7-6-19(14-10-25(23,24)11-15(14)20)16(21)8-13-4-3-5-18-9-13/h3-5,9,12,14-15H,6-8,10-11H2,1-2H3/t14-,15+/m1/s1. The minimum atomic E-state index is -3.26. The Morgan fingerprint density at radius 3 is 2.44 bits per heavy atom. The summed E-state index contributed by atoms with van der Waals surface area (Å²) in [7, 11) is -3.26. The van der Waals surface area contributed by atoms with Crippen LogP contribution in [0.4, 0.5) is 0 Å². The molecule has 0 aliphatic carbocycles. The van der Waals surface area contributed by atoms with Crippen LogP contribution in [0.3, 0.4) is 0 Å². The Morgan fingerprint density at radius 1 is 1.20 bits per heavy atom. The van der Waals surface area contributed by atoms with Crippen molar-refractivity contribution in [1.82, 2.24) is 14.8 Å². The number of nitrogens with zero attached hydrogens (tertiary/aromatic N) is 3. The van der Waals surface area contributed by atoms with Crippen LogP contribution in [-0.2, 0) is 25.8 Å². The summed E-state index contributed by atoms with van der Waals surface area (Å²) in [4.78, 5) is 32.5. The van der Waals surface area contributed by atoms with Crippen LogP contribution < -0.4 is 0 Å². The first-order valence-electron chi connectivity index (χ1n) is 8.48. The van der Waals surface area contributed by atoms with E-state index in [9.17, 15) is 18.0 Å². The second kappa shape index (κ2) is 6.74. The quantitative estimate of drug-likeness (QED) is 0.759. The van der Waals surface area contributed by atoms with Gasteiger partial charge in [0.15, 0.2) is 9.84 Å². The summed E-state index contributed by atoms with van der Waals surface area (Å²) in [5.74, 6) is -0.490. The van der Waals surface area contributed by atoms with E-state index in [0.29, 0.717) is 13.1 Å². The summed E-state index contributed by atoms with van der Waals surface area (Å²) in [5.41, 5.74) is 0.797. The van der Waals surface area contributed by atoms with Crippen LogP contribution in [0, 0.1) is 5.92 Å². The fourth-order valence-electron chi connectivity index (χ4n) is 3.65. The first kappa shape index (κ1) is 17.8. The van der Waals surface area contributed by atoms with Crippen molar-refractivity contribution in [2.45, 2.75) is 32.4 Å². The topological polar surface area (TPSA) is 87.7 Å². The van der Waals surface area contributed by atoms with Gasteiger partial charge >= 0.3 is 0 Å². The van der Waals surface area contributed by atoms with Gasteiger partial charge in [0.2, 0.25) is 11.8 Å². The van der Waals surface area contributed by atoms with Crippen molar-refractivity contribution in [1.29, 1.82) is 0 Å². The van der Waals surface area contributed by atoms with Crippen LogP contribution in [0.2, 0.25) is 0 Å². The van der Waals surface area contributed by atoms with Crippen molar-refractivity contribution < 1.29 is 18.0 Å². The molecular weight excluding hydrogens is 342 g/mol. The van der Waals surface area contributed by atoms with Crippen molar-refractivity contribution in [3.05, 3.63) is 30.1 Å². The van der Waals surface area contributed by atoms with Crippen molar-refractivity contribution in [2.24, 2.45) is 5.92 Å². The zero-order chi connectivity index (χ0) is 18.2. The van der Waals surface area contributed by atoms with Gasteiger partial charge in [-0.1, -0.05) is 19.9 Å². The Balaban J connectivity index is 1.81. The highest BCUT2D eigenvalue weighted by Gasteiger charge is 2.49. The zero-order valence-electron chi connectivity index (χ0n) is 14.5. The number of hydrogen-bond donors (Lipinski definition) is 0. The van der Waals surface area contributed by atoms with Crippen LogP contribution in [0.1, 0.15) is 19.4 Å². The lowest BCUT2D eigenvalue weighted by Gasteiger charge is -2.44. The molecule has 2 atom stereocenters. The Labute approximate surface area is 147 Å². The lowest BCUT2D eigenvalue weighted by molar-refractivity contribution is -0.147. The van der Waals surface area contributed by atoms with Gasteiger partial charge in [0, 0.05) is 31.4 Å². The number of rotatable bonds is 3. The van der Waals surface area contributed by atoms with Gasteiger partial charge in [-0.3, -0.25) is 14.6 Å². The summed E-state index contributed by atoms with van der Waals surface area (Å²) < 4.78 is 24.4. The predicted molar refractivity (Wildman–Crippen MR) is 92.4 cm³/mol. The van der Waals surface area contributed by atoms with Gasteiger partial charge < -0.3 is 9.80 Å². The minimum Gasteiger partial charge on any atom is -0.335 e. The largest absolute Gasteiger partial charge is 0.335 e. The third kappa shape index (κ3) is 3.68. The zero-order valence-corrected chi connectivity index (χ0v) is 15.3. The van der Waals surface area contributed by atoms with Crippen LogP contribution in [0.25, 0.3) is 0 Å². The molecule has 0 unspecified atom stereocenters. The van der Waals surface area contributed by atoms with Crippen LogP contribution in [-0.4, -0.2) is 71.7 Å². The third-order valence-corrected chi connectivity index (χ3v) is 6.55. The fraction of sp³-hybridized carbons (Fsp3) is 0.588. The maximum absolute atomic E-state index is 12.7. The van der Waals surface area contributed by atoms with Gasteiger partial charge in [0.05, 0.1) is 30.0 Å². The molecule has 0 bridgehead atoms. The molecule has 2 fully saturated rings. The number of pyridine rings is 1. The number of carbonyl (C=O) groups excluding carboxylic acids is 2. The lowest BCUT2D eigenvalue weighted by Crippen LogP contribution is -2.62. The Hall–Kier alpha value is -1.96.